The minimum atomic E-state index is 0.728. The highest BCUT2D eigenvalue weighted by Gasteiger charge is 2.11. The Morgan fingerprint density at radius 1 is 1.08 bits per heavy atom. The van der Waals surface area contributed by atoms with Crippen LogP contribution in [0, 0.1) is 5.92 Å². The minimum Gasteiger partial charge on any atom is -0.0648 e. The van der Waals surface area contributed by atoms with Crippen molar-refractivity contribution in [3.8, 4) is 0 Å². The molecule has 0 radical (unpaired) electrons. The van der Waals surface area contributed by atoms with Gasteiger partial charge in [0.15, 0.2) is 0 Å². The molecule has 1 aromatic carbocycles. The van der Waals surface area contributed by atoms with Gasteiger partial charge in [-0.15, -0.1) is 0 Å². The molecule has 0 unspecified atom stereocenters. The molecule has 0 aliphatic carbocycles. The van der Waals surface area contributed by atoms with Crippen LogP contribution in [0.4, 0.5) is 0 Å². The average Bonchev–Trinajstić information content (AvgIpc) is 2.07. The van der Waals surface area contributed by atoms with E-state index in [1.165, 1.54) is 12.0 Å². The fourth-order valence-electron chi connectivity index (χ4n) is 1.79. The third-order valence-electron chi connectivity index (χ3n) is 2.47. The third-order valence-corrected chi connectivity index (χ3v) is 2.47. The predicted molar refractivity (Wildman–Crippen MR) is 54.3 cm³/mol. The molecular formula is C12H18. The molecular weight excluding hydrogens is 144 g/mol. The maximum atomic E-state index is 2.29. The van der Waals surface area contributed by atoms with Crippen LogP contribution in [-0.4, -0.2) is 0 Å². The normalized spacial score (nSPS) is 13.3. The standard InChI is InChI=1S/C12H18/c1-4-12(10(2)3)11-8-6-5-7-9-11/h5-10,12H,4H2,1-3H3/t12-/m1/s1. The van der Waals surface area contributed by atoms with Crippen molar-refractivity contribution >= 4 is 0 Å². The summed E-state index contributed by atoms with van der Waals surface area (Å²) in [6.45, 7) is 6.85. The zero-order valence-electron chi connectivity index (χ0n) is 8.25. The summed E-state index contributed by atoms with van der Waals surface area (Å²) in [7, 11) is 0. The molecule has 0 aliphatic heterocycles. The van der Waals surface area contributed by atoms with E-state index in [0.29, 0.717) is 0 Å². The van der Waals surface area contributed by atoms with E-state index >= 15 is 0 Å². The SMILES string of the molecule is CC[C@@H](c1ccccc1)C(C)C. The van der Waals surface area contributed by atoms with Gasteiger partial charge in [-0.1, -0.05) is 51.1 Å². The highest BCUT2D eigenvalue weighted by Crippen LogP contribution is 2.26. The lowest BCUT2D eigenvalue weighted by Gasteiger charge is -2.18. The van der Waals surface area contributed by atoms with Crippen molar-refractivity contribution in [2.75, 3.05) is 0 Å². The first-order valence-electron chi connectivity index (χ1n) is 4.80. The second-order valence-corrected chi connectivity index (χ2v) is 3.67. The summed E-state index contributed by atoms with van der Waals surface area (Å²) in [5.74, 6) is 1.48. The Labute approximate surface area is 75.6 Å². The van der Waals surface area contributed by atoms with Crippen LogP contribution in [0.25, 0.3) is 0 Å². The summed E-state index contributed by atoms with van der Waals surface area (Å²) < 4.78 is 0. The van der Waals surface area contributed by atoms with Crippen LogP contribution in [0.5, 0.6) is 0 Å². The molecule has 0 bridgehead atoms. The summed E-state index contributed by atoms with van der Waals surface area (Å²) in [6.07, 6.45) is 1.24. The van der Waals surface area contributed by atoms with Crippen molar-refractivity contribution < 1.29 is 0 Å². The first-order chi connectivity index (χ1) is 5.75. The molecule has 0 spiro atoms. The van der Waals surface area contributed by atoms with Crippen LogP contribution in [0.2, 0.25) is 0 Å². The molecule has 0 saturated carbocycles. The Morgan fingerprint density at radius 2 is 1.67 bits per heavy atom. The number of rotatable bonds is 3. The molecule has 0 saturated heterocycles. The smallest absolute Gasteiger partial charge is 0.0141 e. The molecule has 0 aliphatic rings. The molecule has 12 heavy (non-hydrogen) atoms. The lowest BCUT2D eigenvalue weighted by atomic mass is 9.86. The van der Waals surface area contributed by atoms with Gasteiger partial charge in [-0.3, -0.25) is 0 Å². The van der Waals surface area contributed by atoms with E-state index in [4.69, 9.17) is 0 Å². The summed E-state index contributed by atoms with van der Waals surface area (Å²) in [5.41, 5.74) is 1.48. The van der Waals surface area contributed by atoms with Crippen LogP contribution < -0.4 is 0 Å². The van der Waals surface area contributed by atoms with E-state index in [-0.39, 0.29) is 0 Å². The van der Waals surface area contributed by atoms with Gasteiger partial charge in [-0.2, -0.15) is 0 Å². The van der Waals surface area contributed by atoms with E-state index < -0.39 is 0 Å². The van der Waals surface area contributed by atoms with Crippen molar-refractivity contribution in [2.24, 2.45) is 5.92 Å². The van der Waals surface area contributed by atoms with E-state index in [1.807, 2.05) is 0 Å². The monoisotopic (exact) mass is 162 g/mol. The summed E-state index contributed by atoms with van der Waals surface area (Å²) in [5, 5.41) is 0. The third kappa shape index (κ3) is 2.10. The molecule has 0 fully saturated rings. The van der Waals surface area contributed by atoms with Gasteiger partial charge in [0.1, 0.15) is 0 Å². The molecule has 0 N–H and O–H groups in total. The molecule has 0 amide bonds. The summed E-state index contributed by atoms with van der Waals surface area (Å²) >= 11 is 0. The zero-order chi connectivity index (χ0) is 8.97. The Morgan fingerprint density at radius 3 is 2.08 bits per heavy atom. The molecule has 0 nitrogen and oxygen atoms in total. The topological polar surface area (TPSA) is 0 Å². The van der Waals surface area contributed by atoms with Crippen LogP contribution >= 0.6 is 0 Å². The van der Waals surface area contributed by atoms with Crippen molar-refractivity contribution in [2.45, 2.75) is 33.1 Å². The quantitative estimate of drug-likeness (QED) is 0.633. The molecule has 1 aromatic rings. The van der Waals surface area contributed by atoms with E-state index in [2.05, 4.69) is 51.1 Å². The van der Waals surface area contributed by atoms with Gasteiger partial charge in [0.05, 0.1) is 0 Å². The fraction of sp³-hybridized carbons (Fsp3) is 0.500. The second kappa shape index (κ2) is 4.30. The van der Waals surface area contributed by atoms with Gasteiger partial charge in [0.2, 0.25) is 0 Å². The minimum absolute atomic E-state index is 0.728. The first kappa shape index (κ1) is 9.31. The molecule has 66 valence electrons. The predicted octanol–water partition coefficient (Wildman–Crippen LogP) is 3.84. The van der Waals surface area contributed by atoms with Gasteiger partial charge in [-0.05, 0) is 23.8 Å². The van der Waals surface area contributed by atoms with Crippen LogP contribution in [0.1, 0.15) is 38.7 Å². The molecule has 0 heterocycles. The van der Waals surface area contributed by atoms with Crippen LogP contribution in [-0.2, 0) is 0 Å². The highest BCUT2D eigenvalue weighted by molar-refractivity contribution is 5.19. The first-order valence-corrected chi connectivity index (χ1v) is 4.80. The van der Waals surface area contributed by atoms with Gasteiger partial charge >= 0.3 is 0 Å². The van der Waals surface area contributed by atoms with Gasteiger partial charge in [0, 0.05) is 0 Å². The molecule has 0 heteroatoms. The highest BCUT2D eigenvalue weighted by atomic mass is 14.2. The maximum absolute atomic E-state index is 2.29. The Balaban J connectivity index is 2.80. The van der Waals surface area contributed by atoms with Crippen molar-refractivity contribution in [1.82, 2.24) is 0 Å². The van der Waals surface area contributed by atoms with Crippen molar-refractivity contribution in [3.63, 3.8) is 0 Å². The average molecular weight is 162 g/mol. The van der Waals surface area contributed by atoms with Crippen LogP contribution in [0.3, 0.4) is 0 Å². The number of hydrogen-bond acceptors (Lipinski definition) is 0. The van der Waals surface area contributed by atoms with E-state index in [9.17, 15) is 0 Å². The molecule has 1 rings (SSSR count). The van der Waals surface area contributed by atoms with E-state index in [1.54, 1.807) is 0 Å². The molecule has 1 atom stereocenters. The van der Waals surface area contributed by atoms with Crippen LogP contribution in [0.15, 0.2) is 30.3 Å². The summed E-state index contributed by atoms with van der Waals surface area (Å²) in [6, 6.07) is 10.8. The lowest BCUT2D eigenvalue weighted by Crippen LogP contribution is -2.04. The van der Waals surface area contributed by atoms with E-state index in [0.717, 1.165) is 11.8 Å². The van der Waals surface area contributed by atoms with Crippen molar-refractivity contribution in [1.29, 1.82) is 0 Å². The maximum Gasteiger partial charge on any atom is -0.0141 e. The zero-order valence-corrected chi connectivity index (χ0v) is 8.25. The Kier molecular flexibility index (Phi) is 3.33. The largest absolute Gasteiger partial charge is 0.0648 e. The molecule has 0 aromatic heterocycles. The van der Waals surface area contributed by atoms with Gasteiger partial charge in [0.25, 0.3) is 0 Å². The Bertz CT molecular complexity index is 211. The fourth-order valence-corrected chi connectivity index (χ4v) is 1.79. The van der Waals surface area contributed by atoms with Gasteiger partial charge < -0.3 is 0 Å². The Hall–Kier alpha value is -0.780. The number of hydrogen-bond donors (Lipinski definition) is 0. The number of benzene rings is 1. The van der Waals surface area contributed by atoms with Crippen molar-refractivity contribution in [3.05, 3.63) is 35.9 Å². The van der Waals surface area contributed by atoms with Gasteiger partial charge in [-0.25, -0.2) is 0 Å². The summed E-state index contributed by atoms with van der Waals surface area (Å²) in [4.78, 5) is 0. The second-order valence-electron chi connectivity index (χ2n) is 3.67. The lowest BCUT2D eigenvalue weighted by molar-refractivity contribution is 0.485.